The number of carbonyl (C=O) groups excluding carboxylic acids is 1. The number of carbonyl (C=O) groups is 1. The van der Waals surface area contributed by atoms with Crippen LogP contribution in [0.3, 0.4) is 0 Å². The largest absolute Gasteiger partial charge is 0.448 e. The number of hydrogen-bond acceptors (Lipinski definition) is 4. The zero-order valence-corrected chi connectivity index (χ0v) is 12.1. The number of benzene rings is 1. The fourth-order valence-electron chi connectivity index (χ4n) is 2.41. The molecule has 2 heterocycles. The Morgan fingerprint density at radius 1 is 1.05 bits per heavy atom. The first-order valence-corrected chi connectivity index (χ1v) is 7.29. The van der Waals surface area contributed by atoms with Crippen molar-refractivity contribution in [2.45, 2.75) is 13.0 Å². The van der Waals surface area contributed by atoms with E-state index in [0.717, 1.165) is 11.3 Å². The van der Waals surface area contributed by atoms with Crippen molar-refractivity contribution in [3.8, 4) is 11.3 Å². The Morgan fingerprint density at radius 2 is 1.86 bits per heavy atom. The van der Waals surface area contributed by atoms with E-state index in [1.54, 1.807) is 11.0 Å². The van der Waals surface area contributed by atoms with Gasteiger partial charge in [-0.25, -0.2) is 9.48 Å². The molecule has 6 heteroatoms. The van der Waals surface area contributed by atoms with Crippen LogP contribution in [-0.2, 0) is 11.3 Å². The van der Waals surface area contributed by atoms with Crippen LogP contribution in [0.5, 0.6) is 0 Å². The molecule has 0 atom stereocenters. The van der Waals surface area contributed by atoms with Crippen molar-refractivity contribution in [2.24, 2.45) is 0 Å². The highest BCUT2D eigenvalue weighted by atomic mass is 16.6. The summed E-state index contributed by atoms with van der Waals surface area (Å²) in [6.45, 7) is 2.11. The minimum atomic E-state index is -0.279. The zero-order chi connectivity index (χ0) is 15.4. The quantitative estimate of drug-likeness (QED) is 0.844. The molecule has 1 fully saturated rings. The summed E-state index contributed by atoms with van der Waals surface area (Å²) in [5.74, 6) is 0. The molecule has 1 aromatic heterocycles. The van der Waals surface area contributed by atoms with E-state index in [1.807, 2.05) is 30.3 Å². The molecule has 1 saturated heterocycles. The average Bonchev–Trinajstić information content (AvgIpc) is 2.95. The van der Waals surface area contributed by atoms with Gasteiger partial charge < -0.3 is 9.64 Å². The normalized spacial score (nSPS) is 14.2. The van der Waals surface area contributed by atoms with Crippen LogP contribution in [0.4, 0.5) is 4.79 Å². The lowest BCUT2D eigenvalue weighted by Gasteiger charge is -2.12. The summed E-state index contributed by atoms with van der Waals surface area (Å²) < 4.78 is 6.32. The standard InChI is InChI=1S/C16H17N3O3/c20-15-8-7-14(13-5-2-1-3-6-13)17-19(15)10-4-9-18-11-12-22-16(18)21/h1-3,5-8H,4,9-12H2. The van der Waals surface area contributed by atoms with Gasteiger partial charge in [-0.1, -0.05) is 30.3 Å². The van der Waals surface area contributed by atoms with Gasteiger partial charge in [-0.05, 0) is 12.5 Å². The Bertz CT molecular complexity index is 712. The van der Waals surface area contributed by atoms with E-state index >= 15 is 0 Å². The van der Waals surface area contributed by atoms with Crippen LogP contribution >= 0.6 is 0 Å². The van der Waals surface area contributed by atoms with Crippen molar-refractivity contribution < 1.29 is 9.53 Å². The minimum Gasteiger partial charge on any atom is -0.448 e. The fourth-order valence-corrected chi connectivity index (χ4v) is 2.41. The van der Waals surface area contributed by atoms with Crippen LogP contribution < -0.4 is 5.56 Å². The highest BCUT2D eigenvalue weighted by Gasteiger charge is 2.20. The number of amides is 1. The summed E-state index contributed by atoms with van der Waals surface area (Å²) in [5, 5.41) is 4.40. The Labute approximate surface area is 127 Å². The Hall–Kier alpha value is -2.63. The number of hydrogen-bond donors (Lipinski definition) is 0. The van der Waals surface area contributed by atoms with Crippen LogP contribution in [0.25, 0.3) is 11.3 Å². The maximum absolute atomic E-state index is 11.9. The highest BCUT2D eigenvalue weighted by molar-refractivity contribution is 5.69. The molecule has 0 unspecified atom stereocenters. The lowest BCUT2D eigenvalue weighted by molar-refractivity contribution is 0.157. The SMILES string of the molecule is O=C1OCCN1CCCn1nc(-c2ccccc2)ccc1=O. The van der Waals surface area contributed by atoms with E-state index in [2.05, 4.69) is 5.10 Å². The molecule has 2 aromatic rings. The second-order valence-electron chi connectivity index (χ2n) is 5.10. The maximum atomic E-state index is 11.9. The minimum absolute atomic E-state index is 0.135. The number of nitrogens with zero attached hydrogens (tertiary/aromatic N) is 3. The third-order valence-corrected chi connectivity index (χ3v) is 3.58. The Morgan fingerprint density at radius 3 is 2.59 bits per heavy atom. The first kappa shape index (κ1) is 14.3. The third-order valence-electron chi connectivity index (χ3n) is 3.58. The summed E-state index contributed by atoms with van der Waals surface area (Å²) in [6, 6.07) is 13.0. The summed E-state index contributed by atoms with van der Waals surface area (Å²) in [5.41, 5.74) is 1.60. The molecule has 6 nitrogen and oxygen atoms in total. The summed E-state index contributed by atoms with van der Waals surface area (Å²) in [4.78, 5) is 24.9. The number of aromatic nitrogens is 2. The lowest BCUT2D eigenvalue weighted by Crippen LogP contribution is -2.28. The van der Waals surface area contributed by atoms with Crippen LogP contribution in [0.1, 0.15) is 6.42 Å². The third kappa shape index (κ3) is 3.16. The smallest absolute Gasteiger partial charge is 0.409 e. The summed E-state index contributed by atoms with van der Waals surface area (Å²) in [7, 11) is 0. The molecule has 0 bridgehead atoms. The predicted molar refractivity (Wildman–Crippen MR) is 81.5 cm³/mol. The van der Waals surface area contributed by atoms with Gasteiger partial charge >= 0.3 is 6.09 Å². The van der Waals surface area contributed by atoms with Gasteiger partial charge in [-0.15, -0.1) is 0 Å². The molecule has 0 N–H and O–H groups in total. The van der Waals surface area contributed by atoms with Crippen molar-refractivity contribution in [1.29, 1.82) is 0 Å². The molecule has 0 spiro atoms. The van der Waals surface area contributed by atoms with E-state index in [1.165, 1.54) is 10.7 Å². The number of rotatable bonds is 5. The van der Waals surface area contributed by atoms with E-state index in [9.17, 15) is 9.59 Å². The molecule has 3 rings (SSSR count). The van der Waals surface area contributed by atoms with E-state index in [0.29, 0.717) is 32.7 Å². The first-order valence-electron chi connectivity index (χ1n) is 7.29. The number of aryl methyl sites for hydroxylation is 1. The van der Waals surface area contributed by atoms with Crippen LogP contribution in [0.15, 0.2) is 47.3 Å². The molecular formula is C16H17N3O3. The first-order chi connectivity index (χ1) is 10.7. The van der Waals surface area contributed by atoms with Crippen LogP contribution in [-0.4, -0.2) is 40.5 Å². The molecule has 22 heavy (non-hydrogen) atoms. The van der Waals surface area contributed by atoms with Gasteiger partial charge in [0, 0.05) is 24.7 Å². The summed E-state index contributed by atoms with van der Waals surface area (Å²) >= 11 is 0. The number of ether oxygens (including phenoxy) is 1. The Kier molecular flexibility index (Phi) is 4.18. The molecule has 1 aliphatic heterocycles. The van der Waals surface area contributed by atoms with Gasteiger partial charge in [0.15, 0.2) is 0 Å². The molecular weight excluding hydrogens is 282 g/mol. The van der Waals surface area contributed by atoms with Crippen molar-refractivity contribution in [2.75, 3.05) is 19.7 Å². The molecule has 0 radical (unpaired) electrons. The van der Waals surface area contributed by atoms with E-state index in [-0.39, 0.29) is 11.7 Å². The van der Waals surface area contributed by atoms with Gasteiger partial charge in [0.05, 0.1) is 12.2 Å². The zero-order valence-electron chi connectivity index (χ0n) is 12.1. The van der Waals surface area contributed by atoms with Crippen LogP contribution in [0.2, 0.25) is 0 Å². The average molecular weight is 299 g/mol. The van der Waals surface area contributed by atoms with E-state index < -0.39 is 0 Å². The molecule has 1 aliphatic rings. The van der Waals surface area contributed by atoms with Gasteiger partial charge in [0.2, 0.25) is 0 Å². The number of cyclic esters (lactones) is 1. The predicted octanol–water partition coefficient (Wildman–Crippen LogP) is 1.75. The molecule has 114 valence electrons. The van der Waals surface area contributed by atoms with Gasteiger partial charge in [0.25, 0.3) is 5.56 Å². The topological polar surface area (TPSA) is 64.4 Å². The van der Waals surface area contributed by atoms with Crippen molar-refractivity contribution >= 4 is 6.09 Å². The molecule has 0 saturated carbocycles. The van der Waals surface area contributed by atoms with Crippen molar-refractivity contribution in [3.05, 3.63) is 52.8 Å². The van der Waals surface area contributed by atoms with Gasteiger partial charge in [0.1, 0.15) is 6.61 Å². The van der Waals surface area contributed by atoms with Gasteiger partial charge in [-0.2, -0.15) is 5.10 Å². The lowest BCUT2D eigenvalue weighted by atomic mass is 10.1. The Balaban J connectivity index is 1.68. The van der Waals surface area contributed by atoms with Gasteiger partial charge in [-0.3, -0.25) is 4.79 Å². The van der Waals surface area contributed by atoms with Crippen molar-refractivity contribution in [1.82, 2.24) is 14.7 Å². The van der Waals surface area contributed by atoms with E-state index in [4.69, 9.17) is 4.74 Å². The van der Waals surface area contributed by atoms with Crippen molar-refractivity contribution in [3.63, 3.8) is 0 Å². The summed E-state index contributed by atoms with van der Waals surface area (Å²) in [6.07, 6.45) is 0.388. The maximum Gasteiger partial charge on any atom is 0.409 e. The fraction of sp³-hybridized carbons (Fsp3) is 0.312. The second-order valence-corrected chi connectivity index (χ2v) is 5.10. The highest BCUT2D eigenvalue weighted by Crippen LogP contribution is 2.14. The monoisotopic (exact) mass is 299 g/mol. The molecule has 1 amide bonds. The second kappa shape index (κ2) is 6.43. The molecule has 0 aliphatic carbocycles. The molecule has 1 aromatic carbocycles. The van der Waals surface area contributed by atoms with Crippen LogP contribution in [0, 0.1) is 0 Å².